The minimum atomic E-state index is -1.09. The van der Waals surface area contributed by atoms with Gasteiger partial charge in [-0.25, -0.2) is 4.79 Å². The number of terminal acetylenes is 1. The highest BCUT2D eigenvalue weighted by molar-refractivity contribution is 5.80. The van der Waals surface area contributed by atoms with Crippen molar-refractivity contribution in [1.29, 1.82) is 0 Å². The number of rotatable bonds is 5. The summed E-state index contributed by atoms with van der Waals surface area (Å²) in [5, 5.41) is 8.79. The van der Waals surface area contributed by atoms with E-state index in [1.165, 1.54) is 4.90 Å². The van der Waals surface area contributed by atoms with Crippen molar-refractivity contribution >= 4 is 12.0 Å². The number of carbonyl (C=O) groups excluding carboxylic acids is 1. The first kappa shape index (κ1) is 15.6. The molecule has 5 nitrogen and oxygen atoms in total. The predicted molar refractivity (Wildman–Crippen MR) is 76.1 cm³/mol. The molecule has 0 aliphatic heterocycles. The summed E-state index contributed by atoms with van der Waals surface area (Å²) in [6.45, 7) is 1.95. The van der Waals surface area contributed by atoms with Crippen molar-refractivity contribution in [3.05, 3.63) is 35.4 Å². The van der Waals surface area contributed by atoms with Gasteiger partial charge in [0.25, 0.3) is 0 Å². The summed E-state index contributed by atoms with van der Waals surface area (Å²) in [7, 11) is 1.63. The van der Waals surface area contributed by atoms with E-state index in [9.17, 15) is 9.59 Å². The third-order valence-corrected chi connectivity index (χ3v) is 2.87. The van der Waals surface area contributed by atoms with Crippen LogP contribution in [0.25, 0.3) is 0 Å². The summed E-state index contributed by atoms with van der Waals surface area (Å²) in [4.78, 5) is 25.5. The largest absolute Gasteiger partial charge is 0.480 e. The van der Waals surface area contributed by atoms with Gasteiger partial charge in [-0.2, -0.15) is 0 Å². The van der Waals surface area contributed by atoms with Gasteiger partial charge in [-0.3, -0.25) is 4.79 Å². The molecule has 1 aromatic rings. The Hall–Kier alpha value is -2.48. The molecule has 0 heterocycles. The lowest BCUT2D eigenvalue weighted by Crippen LogP contribution is -2.43. The molecule has 0 saturated carbocycles. The fraction of sp³-hybridized carbons (Fsp3) is 0.333. The molecule has 0 aromatic heterocycles. The first-order valence-corrected chi connectivity index (χ1v) is 6.15. The number of carbonyl (C=O) groups is 2. The summed E-state index contributed by atoms with van der Waals surface area (Å²) in [5.74, 6) is 1.21. The number of hydrogen-bond donors (Lipinski definition) is 1. The molecule has 0 saturated heterocycles. The van der Waals surface area contributed by atoms with Crippen molar-refractivity contribution in [2.24, 2.45) is 0 Å². The molecule has 0 aliphatic carbocycles. The van der Waals surface area contributed by atoms with Crippen LogP contribution < -0.4 is 0 Å². The minimum Gasteiger partial charge on any atom is -0.480 e. The maximum atomic E-state index is 12.2. The van der Waals surface area contributed by atoms with Gasteiger partial charge in [0, 0.05) is 13.6 Å². The molecule has 5 heteroatoms. The molecule has 106 valence electrons. The van der Waals surface area contributed by atoms with E-state index in [0.717, 1.165) is 16.0 Å². The van der Waals surface area contributed by atoms with Crippen molar-refractivity contribution in [3.8, 4) is 12.3 Å². The summed E-state index contributed by atoms with van der Waals surface area (Å²) in [5.41, 5.74) is 2.09. The second-order valence-corrected chi connectivity index (χ2v) is 4.52. The van der Waals surface area contributed by atoms with E-state index in [-0.39, 0.29) is 6.54 Å². The van der Waals surface area contributed by atoms with Crippen LogP contribution in [-0.4, -0.2) is 47.0 Å². The van der Waals surface area contributed by atoms with Crippen LogP contribution in [0.3, 0.4) is 0 Å². The predicted octanol–water partition coefficient (Wildman–Crippen LogP) is 1.57. The molecule has 1 aromatic carbocycles. The standard InChI is InChI=1S/C15H18N2O3/c1-4-9-17(11-14(18)19)15(20)16(3)10-13-8-6-5-7-12(13)2/h1,5-8H,9-11H2,2-3H3,(H,18,19). The van der Waals surface area contributed by atoms with Gasteiger partial charge in [-0.1, -0.05) is 30.2 Å². The number of nitrogens with zero attached hydrogens (tertiary/aromatic N) is 2. The molecule has 0 fully saturated rings. The number of carboxylic acids is 1. The zero-order valence-electron chi connectivity index (χ0n) is 11.7. The van der Waals surface area contributed by atoms with Gasteiger partial charge in [0.15, 0.2) is 0 Å². The molecule has 0 aliphatic rings. The van der Waals surface area contributed by atoms with Crippen molar-refractivity contribution in [2.75, 3.05) is 20.1 Å². The van der Waals surface area contributed by atoms with Crippen molar-refractivity contribution in [2.45, 2.75) is 13.5 Å². The molecule has 0 unspecified atom stereocenters. The number of amides is 2. The SMILES string of the molecule is C#CCN(CC(=O)O)C(=O)N(C)Cc1ccccc1C. The van der Waals surface area contributed by atoms with Gasteiger partial charge in [0.1, 0.15) is 6.54 Å². The Labute approximate surface area is 118 Å². The van der Waals surface area contributed by atoms with E-state index in [1.54, 1.807) is 7.05 Å². The molecular formula is C15H18N2O3. The second kappa shape index (κ2) is 7.19. The molecule has 1 N–H and O–H groups in total. The van der Waals surface area contributed by atoms with Crippen molar-refractivity contribution in [3.63, 3.8) is 0 Å². The maximum Gasteiger partial charge on any atom is 0.323 e. The Balaban J connectivity index is 2.76. The van der Waals surface area contributed by atoms with Gasteiger partial charge in [0.05, 0.1) is 6.54 Å². The number of hydrogen-bond acceptors (Lipinski definition) is 2. The quantitative estimate of drug-likeness (QED) is 0.829. The van der Waals surface area contributed by atoms with Gasteiger partial charge in [0.2, 0.25) is 0 Å². The maximum absolute atomic E-state index is 12.2. The summed E-state index contributed by atoms with van der Waals surface area (Å²) in [6, 6.07) is 7.33. The van der Waals surface area contributed by atoms with Gasteiger partial charge in [-0.05, 0) is 18.1 Å². The molecule has 2 amide bonds. The number of urea groups is 1. The second-order valence-electron chi connectivity index (χ2n) is 4.52. The molecule has 0 spiro atoms. The molecule has 20 heavy (non-hydrogen) atoms. The molecule has 1 rings (SSSR count). The van der Waals surface area contributed by atoms with E-state index < -0.39 is 18.5 Å². The lowest BCUT2D eigenvalue weighted by atomic mass is 10.1. The van der Waals surface area contributed by atoms with Crippen molar-refractivity contribution < 1.29 is 14.7 Å². The minimum absolute atomic E-state index is 0.0246. The Morgan fingerprint density at radius 3 is 2.55 bits per heavy atom. The van der Waals surface area contributed by atoms with Gasteiger partial charge < -0.3 is 14.9 Å². The normalized spacial score (nSPS) is 9.65. The van der Waals surface area contributed by atoms with Crippen LogP contribution in [0.15, 0.2) is 24.3 Å². The molecule has 0 bridgehead atoms. The molecular weight excluding hydrogens is 256 g/mol. The van der Waals surface area contributed by atoms with E-state index in [0.29, 0.717) is 6.54 Å². The lowest BCUT2D eigenvalue weighted by Gasteiger charge is -2.26. The van der Waals surface area contributed by atoms with Crippen LogP contribution in [0.5, 0.6) is 0 Å². The Kier molecular flexibility index (Phi) is 5.60. The summed E-state index contributed by atoms with van der Waals surface area (Å²) >= 11 is 0. The topological polar surface area (TPSA) is 60.9 Å². The van der Waals surface area contributed by atoms with Crippen LogP contribution in [0.2, 0.25) is 0 Å². The monoisotopic (exact) mass is 274 g/mol. The van der Waals surface area contributed by atoms with Gasteiger partial charge >= 0.3 is 12.0 Å². The fourth-order valence-electron chi connectivity index (χ4n) is 1.82. The molecule has 0 radical (unpaired) electrons. The van der Waals surface area contributed by atoms with E-state index in [2.05, 4.69) is 5.92 Å². The third kappa shape index (κ3) is 4.32. The first-order valence-electron chi connectivity index (χ1n) is 6.15. The Bertz CT molecular complexity index is 534. The van der Waals surface area contributed by atoms with Crippen LogP contribution in [0.4, 0.5) is 4.79 Å². The van der Waals surface area contributed by atoms with Crippen LogP contribution >= 0.6 is 0 Å². The zero-order chi connectivity index (χ0) is 15.1. The summed E-state index contributed by atoms with van der Waals surface area (Å²) in [6.07, 6.45) is 5.16. The third-order valence-electron chi connectivity index (χ3n) is 2.87. The van der Waals surface area contributed by atoms with E-state index in [1.807, 2.05) is 31.2 Å². The van der Waals surface area contributed by atoms with Crippen LogP contribution in [-0.2, 0) is 11.3 Å². The average Bonchev–Trinajstić information content (AvgIpc) is 2.39. The van der Waals surface area contributed by atoms with Crippen LogP contribution in [0, 0.1) is 19.3 Å². The van der Waals surface area contributed by atoms with Gasteiger partial charge in [-0.15, -0.1) is 6.42 Å². The van der Waals surface area contributed by atoms with Crippen LogP contribution in [0.1, 0.15) is 11.1 Å². The smallest absolute Gasteiger partial charge is 0.323 e. The highest BCUT2D eigenvalue weighted by atomic mass is 16.4. The van der Waals surface area contributed by atoms with E-state index in [4.69, 9.17) is 11.5 Å². The highest BCUT2D eigenvalue weighted by Gasteiger charge is 2.20. The first-order chi connectivity index (χ1) is 9.45. The Morgan fingerprint density at radius 1 is 1.35 bits per heavy atom. The fourth-order valence-corrected chi connectivity index (χ4v) is 1.82. The number of benzene rings is 1. The van der Waals surface area contributed by atoms with E-state index >= 15 is 0 Å². The highest BCUT2D eigenvalue weighted by Crippen LogP contribution is 2.10. The number of aliphatic carboxylic acids is 1. The number of carboxylic acid groups (broad SMARTS) is 1. The molecule has 0 atom stereocenters. The van der Waals surface area contributed by atoms with Crippen molar-refractivity contribution in [1.82, 2.24) is 9.80 Å². The Morgan fingerprint density at radius 2 is 2.00 bits per heavy atom. The average molecular weight is 274 g/mol. The zero-order valence-corrected chi connectivity index (χ0v) is 11.7. The lowest BCUT2D eigenvalue weighted by molar-refractivity contribution is -0.137. The summed E-state index contributed by atoms with van der Waals surface area (Å²) < 4.78 is 0. The number of aryl methyl sites for hydroxylation is 1.